The molecule has 2 heterocycles. The number of aromatic nitrogens is 2. The first kappa shape index (κ1) is 21.5. The highest BCUT2D eigenvalue weighted by Crippen LogP contribution is 2.35. The van der Waals surface area contributed by atoms with Crippen molar-refractivity contribution in [2.24, 2.45) is 5.73 Å². The number of nitrogens with one attached hydrogen (secondary N) is 3. The molecule has 0 saturated heterocycles. The van der Waals surface area contributed by atoms with Gasteiger partial charge in [0.25, 0.3) is 0 Å². The van der Waals surface area contributed by atoms with E-state index in [0.717, 1.165) is 5.30 Å². The number of amides is 1. The van der Waals surface area contributed by atoms with Crippen molar-refractivity contribution < 1.29 is 9.18 Å². The molecule has 1 aromatic carbocycles. The highest BCUT2D eigenvalue weighted by Gasteiger charge is 2.35. The van der Waals surface area contributed by atoms with Crippen LogP contribution in [0.25, 0.3) is 0 Å². The second kappa shape index (κ2) is 8.64. The Morgan fingerprint density at radius 1 is 1.38 bits per heavy atom. The van der Waals surface area contributed by atoms with Gasteiger partial charge in [-0.1, -0.05) is 0 Å². The summed E-state index contributed by atoms with van der Waals surface area (Å²) >= 11 is 0. The number of fused-ring (bicyclic) bond motifs is 1. The Morgan fingerprint density at radius 2 is 2.10 bits per heavy atom. The predicted molar refractivity (Wildman–Crippen MR) is 123 cm³/mol. The van der Waals surface area contributed by atoms with Gasteiger partial charge in [0.2, 0.25) is 11.9 Å². The lowest BCUT2D eigenvalue weighted by Gasteiger charge is -2.32. The summed E-state index contributed by atoms with van der Waals surface area (Å²) in [6.07, 6.45) is 1.26. The molecule has 0 aliphatic carbocycles. The summed E-state index contributed by atoms with van der Waals surface area (Å²) in [7, 11) is 5.01. The fraction of sp³-hybridized carbons (Fsp3) is 0.389. The maximum atomic E-state index is 14.6. The third-order valence-corrected chi connectivity index (χ3v) is 5.19. The second-order valence-electron chi connectivity index (χ2n) is 7.31. The number of nitrogens with zero attached hydrogens (tertiary/aromatic N) is 3. The average Bonchev–Trinajstić information content (AvgIpc) is 2.94. The molecule has 3 rings (SSSR count). The number of carbonyl (C=O) groups is 1. The van der Waals surface area contributed by atoms with Gasteiger partial charge in [0.05, 0.1) is 17.6 Å². The third-order valence-electron chi connectivity index (χ3n) is 4.40. The van der Waals surface area contributed by atoms with Crippen molar-refractivity contribution in [1.29, 1.82) is 0 Å². The summed E-state index contributed by atoms with van der Waals surface area (Å²) in [5.74, 6) is 0.283. The lowest BCUT2D eigenvalue weighted by molar-refractivity contribution is -0.118. The van der Waals surface area contributed by atoms with Gasteiger partial charge in [-0.25, -0.2) is 9.37 Å². The van der Waals surface area contributed by atoms with Gasteiger partial charge in [-0.15, -0.1) is 18.5 Å². The average molecular weight is 437 g/mol. The topological polar surface area (TPSA) is 108 Å². The van der Waals surface area contributed by atoms with Crippen LogP contribution >= 0.6 is 18.5 Å². The molecule has 11 heteroatoms. The van der Waals surface area contributed by atoms with Crippen molar-refractivity contribution in [1.82, 2.24) is 9.97 Å². The maximum absolute atomic E-state index is 14.6. The molecule has 1 aliphatic heterocycles. The first-order valence-corrected chi connectivity index (χ1v) is 10.4. The van der Waals surface area contributed by atoms with E-state index < -0.39 is 12.2 Å². The van der Waals surface area contributed by atoms with Crippen LogP contribution in [0.5, 0.6) is 0 Å². The predicted octanol–water partition coefficient (Wildman–Crippen LogP) is 1.33. The smallest absolute Gasteiger partial charge is 0.224 e. The van der Waals surface area contributed by atoms with Crippen molar-refractivity contribution in [3.8, 4) is 0 Å². The quantitative estimate of drug-likeness (QED) is 0.484. The van der Waals surface area contributed by atoms with Gasteiger partial charge in [-0.2, -0.15) is 4.98 Å². The van der Waals surface area contributed by atoms with Crippen LogP contribution < -0.4 is 37.2 Å². The number of halogens is 1. The van der Waals surface area contributed by atoms with Crippen LogP contribution in [0.1, 0.15) is 27.2 Å². The first-order chi connectivity index (χ1) is 13.7. The Bertz CT molecular complexity index is 904. The molecule has 0 fully saturated rings. The van der Waals surface area contributed by atoms with Crippen LogP contribution in [-0.2, 0) is 4.79 Å². The van der Waals surface area contributed by atoms with E-state index in [1.165, 1.54) is 6.07 Å². The molecule has 29 heavy (non-hydrogen) atoms. The van der Waals surface area contributed by atoms with Gasteiger partial charge in [0.1, 0.15) is 5.82 Å². The summed E-state index contributed by atoms with van der Waals surface area (Å²) in [6, 6.07) is 3.15. The monoisotopic (exact) mass is 437 g/mol. The van der Waals surface area contributed by atoms with Gasteiger partial charge in [0.15, 0.2) is 12.1 Å². The van der Waals surface area contributed by atoms with Crippen molar-refractivity contribution in [3.05, 3.63) is 24.1 Å². The minimum Gasteiger partial charge on any atom is -0.370 e. The van der Waals surface area contributed by atoms with E-state index in [-0.39, 0.29) is 24.3 Å². The van der Waals surface area contributed by atoms with Crippen LogP contribution in [0, 0.1) is 5.82 Å². The van der Waals surface area contributed by atoms with Gasteiger partial charge in [0, 0.05) is 18.5 Å². The number of benzene rings is 1. The molecule has 8 nitrogen and oxygen atoms in total. The Kier molecular flexibility index (Phi) is 6.39. The zero-order valence-corrected chi connectivity index (χ0v) is 18.8. The minimum atomic E-state index is -0.535. The summed E-state index contributed by atoms with van der Waals surface area (Å²) in [6.45, 7) is 5.86. The minimum absolute atomic E-state index is 0.122. The third kappa shape index (κ3) is 4.85. The largest absolute Gasteiger partial charge is 0.370 e. The fourth-order valence-electron chi connectivity index (χ4n) is 3.24. The van der Waals surface area contributed by atoms with Gasteiger partial charge >= 0.3 is 0 Å². The molecule has 1 aromatic heterocycles. The number of nitrogens with two attached hydrogens (primary N) is 1. The lowest BCUT2D eigenvalue weighted by atomic mass is 10.2. The fourth-order valence-corrected chi connectivity index (χ4v) is 4.17. The van der Waals surface area contributed by atoms with Crippen LogP contribution in [0.4, 0.5) is 27.5 Å². The van der Waals surface area contributed by atoms with E-state index in [1.807, 2.05) is 31.7 Å². The number of rotatable bonds is 7. The summed E-state index contributed by atoms with van der Waals surface area (Å²) in [4.78, 5) is 22.3. The Balaban J connectivity index is 1.97. The van der Waals surface area contributed by atoms with E-state index in [0.29, 0.717) is 28.4 Å². The molecule has 1 amide bonds. The van der Waals surface area contributed by atoms with Gasteiger partial charge in [-0.05, 0) is 43.5 Å². The molecular formula is C18H26FN7OP2. The summed E-state index contributed by atoms with van der Waals surface area (Å²) in [5.41, 5.74) is 6.45. The normalized spacial score (nSPS) is 16.4. The summed E-state index contributed by atoms with van der Waals surface area (Å²) < 4.78 is 14.6. The zero-order chi connectivity index (χ0) is 21.3. The molecule has 4 atom stereocenters. The molecular weight excluding hydrogens is 411 g/mol. The molecule has 0 bridgehead atoms. The van der Waals surface area contributed by atoms with Crippen LogP contribution in [0.15, 0.2) is 18.3 Å². The molecule has 0 saturated carbocycles. The lowest BCUT2D eigenvalue weighted by Crippen LogP contribution is -2.49. The Morgan fingerprint density at radius 3 is 2.72 bits per heavy atom. The van der Waals surface area contributed by atoms with Gasteiger partial charge in [-0.3, -0.25) is 4.79 Å². The Labute approximate surface area is 174 Å². The number of carbonyl (C=O) groups excluding carboxylic acids is 1. The molecule has 2 aromatic rings. The SMILES string of the molecule is CC(C)Nc1ncc2c(n1)N([C@H](C)CC(N)=O)C(Nc1c(F)cc(P)cc1P)N2. The Hall–Kier alpha value is -2.24. The molecule has 0 spiro atoms. The van der Waals surface area contributed by atoms with E-state index in [1.54, 1.807) is 6.20 Å². The number of primary amides is 1. The highest BCUT2D eigenvalue weighted by molar-refractivity contribution is 7.29. The van der Waals surface area contributed by atoms with Crippen molar-refractivity contribution >= 4 is 58.1 Å². The standard InChI is InChI=1S/C18H26FN7OP2/c1-8(2)22-17-21-7-12-16(25-17)26(9(3)4-14(20)27)18(23-12)24-15-11(19)5-10(28)6-13(15)29/h5-9,18,23-24H,4,28-29H2,1-3H3,(H2,20,27)(H,21,22,25)/t9-,18?/m1/s1. The molecule has 1 aliphatic rings. The molecule has 3 unspecified atom stereocenters. The molecule has 5 N–H and O–H groups in total. The molecule has 0 radical (unpaired) electrons. The van der Waals surface area contributed by atoms with Crippen LogP contribution in [0.3, 0.4) is 0 Å². The second-order valence-corrected chi connectivity index (χ2v) is 8.60. The van der Waals surface area contributed by atoms with E-state index in [9.17, 15) is 9.18 Å². The zero-order valence-electron chi connectivity index (χ0n) is 16.5. The van der Waals surface area contributed by atoms with E-state index in [4.69, 9.17) is 5.73 Å². The highest BCUT2D eigenvalue weighted by atomic mass is 31.0. The number of hydrogen-bond donors (Lipinski definition) is 4. The van der Waals surface area contributed by atoms with Crippen LogP contribution in [-0.4, -0.2) is 34.2 Å². The maximum Gasteiger partial charge on any atom is 0.224 e. The number of anilines is 4. The van der Waals surface area contributed by atoms with Crippen LogP contribution in [0.2, 0.25) is 0 Å². The van der Waals surface area contributed by atoms with E-state index in [2.05, 4.69) is 44.4 Å². The van der Waals surface area contributed by atoms with E-state index >= 15 is 0 Å². The van der Waals surface area contributed by atoms with Crippen molar-refractivity contribution in [3.63, 3.8) is 0 Å². The summed E-state index contributed by atoms with van der Waals surface area (Å²) in [5, 5.41) is 11.0. The van der Waals surface area contributed by atoms with Crippen molar-refractivity contribution in [2.45, 2.75) is 45.6 Å². The van der Waals surface area contributed by atoms with Crippen molar-refractivity contribution in [2.75, 3.05) is 20.9 Å². The van der Waals surface area contributed by atoms with Gasteiger partial charge < -0.3 is 26.6 Å². The first-order valence-electron chi connectivity index (χ1n) is 9.23. The number of hydrogen-bond acceptors (Lipinski definition) is 7. The molecule has 156 valence electrons.